The van der Waals surface area contributed by atoms with Crippen LogP contribution in [0, 0.1) is 5.92 Å². The maximum atomic E-state index is 11.5. The first kappa shape index (κ1) is 13.4. The van der Waals surface area contributed by atoms with E-state index in [0.29, 0.717) is 6.61 Å². The molecule has 0 bridgehead atoms. The van der Waals surface area contributed by atoms with Crippen molar-refractivity contribution >= 4 is 5.91 Å². The standard InChI is InChI=1S/C9H20N2O3/c1-6(7(2)10)9(13)11-8(4-12)5-14-3/h6-8,12H,4-5,10H2,1-3H3,(H,11,13). The Bertz CT molecular complexity index is 173. The Balaban J connectivity index is 4.01. The molecule has 0 aromatic heterocycles. The van der Waals surface area contributed by atoms with Gasteiger partial charge in [-0.25, -0.2) is 0 Å². The number of amides is 1. The van der Waals surface area contributed by atoms with Crippen molar-refractivity contribution in [2.24, 2.45) is 11.7 Å². The van der Waals surface area contributed by atoms with Gasteiger partial charge in [0.1, 0.15) is 0 Å². The minimum Gasteiger partial charge on any atom is -0.394 e. The minimum atomic E-state index is -0.353. The van der Waals surface area contributed by atoms with Crippen LogP contribution >= 0.6 is 0 Å². The van der Waals surface area contributed by atoms with E-state index in [0.717, 1.165) is 0 Å². The van der Waals surface area contributed by atoms with Gasteiger partial charge in [-0.2, -0.15) is 0 Å². The van der Waals surface area contributed by atoms with Gasteiger partial charge in [0.15, 0.2) is 0 Å². The number of aliphatic hydroxyl groups excluding tert-OH is 1. The number of carbonyl (C=O) groups is 1. The van der Waals surface area contributed by atoms with E-state index in [4.69, 9.17) is 15.6 Å². The molecule has 4 N–H and O–H groups in total. The number of methoxy groups -OCH3 is 1. The summed E-state index contributed by atoms with van der Waals surface area (Å²) in [6.45, 7) is 3.69. The Morgan fingerprint density at radius 1 is 1.57 bits per heavy atom. The molecule has 0 rings (SSSR count). The third kappa shape index (κ3) is 4.55. The van der Waals surface area contributed by atoms with Gasteiger partial charge in [0.2, 0.25) is 5.91 Å². The molecule has 0 saturated heterocycles. The summed E-state index contributed by atoms with van der Waals surface area (Å²) in [5.74, 6) is -0.419. The molecule has 0 heterocycles. The predicted octanol–water partition coefficient (Wildman–Crippen LogP) is -0.907. The second kappa shape index (κ2) is 6.75. The van der Waals surface area contributed by atoms with Crippen LogP contribution in [0.1, 0.15) is 13.8 Å². The highest BCUT2D eigenvalue weighted by atomic mass is 16.5. The van der Waals surface area contributed by atoms with Crippen molar-refractivity contribution in [3.63, 3.8) is 0 Å². The van der Waals surface area contributed by atoms with Gasteiger partial charge in [0.25, 0.3) is 0 Å². The molecule has 0 aliphatic carbocycles. The van der Waals surface area contributed by atoms with Crippen LogP contribution in [0.25, 0.3) is 0 Å². The number of hydrogen-bond donors (Lipinski definition) is 3. The normalized spacial score (nSPS) is 17.2. The summed E-state index contributed by atoms with van der Waals surface area (Å²) < 4.78 is 4.83. The maximum absolute atomic E-state index is 11.5. The number of ether oxygens (including phenoxy) is 1. The fourth-order valence-corrected chi connectivity index (χ4v) is 0.913. The first-order chi connectivity index (χ1) is 6.52. The van der Waals surface area contributed by atoms with Gasteiger partial charge in [-0.15, -0.1) is 0 Å². The highest BCUT2D eigenvalue weighted by molar-refractivity contribution is 5.79. The van der Waals surface area contributed by atoms with Gasteiger partial charge >= 0.3 is 0 Å². The van der Waals surface area contributed by atoms with Crippen LogP contribution in [0.2, 0.25) is 0 Å². The molecular formula is C9H20N2O3. The van der Waals surface area contributed by atoms with Crippen molar-refractivity contribution in [3.8, 4) is 0 Å². The monoisotopic (exact) mass is 204 g/mol. The third-order valence-electron chi connectivity index (χ3n) is 2.14. The molecule has 5 heteroatoms. The van der Waals surface area contributed by atoms with E-state index in [9.17, 15) is 4.79 Å². The van der Waals surface area contributed by atoms with Crippen molar-refractivity contribution in [2.45, 2.75) is 25.9 Å². The summed E-state index contributed by atoms with van der Waals surface area (Å²) >= 11 is 0. The fourth-order valence-electron chi connectivity index (χ4n) is 0.913. The van der Waals surface area contributed by atoms with E-state index in [-0.39, 0.29) is 30.5 Å². The van der Waals surface area contributed by atoms with E-state index in [1.54, 1.807) is 13.8 Å². The lowest BCUT2D eigenvalue weighted by Crippen LogP contribution is -2.46. The topological polar surface area (TPSA) is 84.6 Å². The SMILES string of the molecule is COCC(CO)NC(=O)C(C)C(C)N. The molecule has 1 amide bonds. The van der Waals surface area contributed by atoms with Gasteiger partial charge in [0.05, 0.1) is 19.3 Å². The van der Waals surface area contributed by atoms with Gasteiger partial charge in [-0.3, -0.25) is 4.79 Å². The zero-order valence-corrected chi connectivity index (χ0v) is 8.99. The maximum Gasteiger partial charge on any atom is 0.224 e. The highest BCUT2D eigenvalue weighted by Crippen LogP contribution is 2.00. The summed E-state index contributed by atoms with van der Waals surface area (Å²) in [4.78, 5) is 11.5. The van der Waals surface area contributed by atoms with Crippen molar-refractivity contribution < 1.29 is 14.6 Å². The van der Waals surface area contributed by atoms with Crippen LogP contribution in [0.5, 0.6) is 0 Å². The number of hydrogen-bond acceptors (Lipinski definition) is 4. The predicted molar refractivity (Wildman–Crippen MR) is 53.7 cm³/mol. The number of nitrogens with two attached hydrogens (primary N) is 1. The van der Waals surface area contributed by atoms with E-state index >= 15 is 0 Å². The summed E-state index contributed by atoms with van der Waals surface area (Å²) in [7, 11) is 1.52. The molecule has 0 radical (unpaired) electrons. The molecule has 3 unspecified atom stereocenters. The summed E-state index contributed by atoms with van der Waals surface area (Å²) in [5.41, 5.74) is 5.57. The van der Waals surface area contributed by atoms with E-state index in [1.165, 1.54) is 7.11 Å². The molecule has 0 aromatic carbocycles. The lowest BCUT2D eigenvalue weighted by Gasteiger charge is -2.20. The fraction of sp³-hybridized carbons (Fsp3) is 0.889. The molecule has 0 aliphatic rings. The second-order valence-corrected chi connectivity index (χ2v) is 3.49. The molecule has 84 valence electrons. The van der Waals surface area contributed by atoms with Gasteiger partial charge in [0, 0.05) is 19.1 Å². The molecule has 0 saturated carbocycles. The average Bonchev–Trinajstić information content (AvgIpc) is 2.15. The number of carbonyl (C=O) groups excluding carboxylic acids is 1. The van der Waals surface area contributed by atoms with Gasteiger partial charge in [-0.05, 0) is 6.92 Å². The quantitative estimate of drug-likeness (QED) is 0.523. The van der Waals surface area contributed by atoms with Crippen LogP contribution in [0.15, 0.2) is 0 Å². The van der Waals surface area contributed by atoms with E-state index in [1.807, 2.05) is 0 Å². The lowest BCUT2D eigenvalue weighted by atomic mass is 10.0. The zero-order chi connectivity index (χ0) is 11.1. The van der Waals surface area contributed by atoms with Gasteiger partial charge in [-0.1, -0.05) is 6.92 Å². The van der Waals surface area contributed by atoms with Crippen molar-refractivity contribution in [3.05, 3.63) is 0 Å². The molecular weight excluding hydrogens is 184 g/mol. The molecule has 0 aliphatic heterocycles. The Kier molecular flexibility index (Phi) is 6.44. The Morgan fingerprint density at radius 2 is 2.14 bits per heavy atom. The van der Waals surface area contributed by atoms with Gasteiger partial charge < -0.3 is 20.9 Å². The van der Waals surface area contributed by atoms with Crippen molar-refractivity contribution in [1.82, 2.24) is 5.32 Å². The molecule has 0 spiro atoms. The zero-order valence-electron chi connectivity index (χ0n) is 8.99. The smallest absolute Gasteiger partial charge is 0.224 e. The average molecular weight is 204 g/mol. The minimum absolute atomic E-state index is 0.134. The number of nitrogens with one attached hydrogen (secondary N) is 1. The highest BCUT2D eigenvalue weighted by Gasteiger charge is 2.19. The van der Waals surface area contributed by atoms with Crippen molar-refractivity contribution in [1.29, 1.82) is 0 Å². The summed E-state index contributed by atoms with van der Waals surface area (Å²) in [5, 5.41) is 11.6. The molecule has 14 heavy (non-hydrogen) atoms. The van der Waals surface area contributed by atoms with E-state index in [2.05, 4.69) is 5.32 Å². The van der Waals surface area contributed by atoms with Crippen LogP contribution in [0.4, 0.5) is 0 Å². The Morgan fingerprint density at radius 3 is 2.50 bits per heavy atom. The Hall–Kier alpha value is -0.650. The molecule has 3 atom stereocenters. The van der Waals surface area contributed by atoms with Crippen LogP contribution < -0.4 is 11.1 Å². The summed E-state index contributed by atoms with van der Waals surface area (Å²) in [6.07, 6.45) is 0. The summed E-state index contributed by atoms with van der Waals surface area (Å²) in [6, 6.07) is -0.550. The first-order valence-electron chi connectivity index (χ1n) is 4.68. The van der Waals surface area contributed by atoms with Crippen molar-refractivity contribution in [2.75, 3.05) is 20.3 Å². The molecule has 0 aromatic rings. The lowest BCUT2D eigenvalue weighted by molar-refractivity contribution is -0.126. The first-order valence-corrected chi connectivity index (χ1v) is 4.68. The third-order valence-corrected chi connectivity index (χ3v) is 2.14. The molecule has 0 fully saturated rings. The van der Waals surface area contributed by atoms with Crippen LogP contribution in [-0.4, -0.2) is 43.4 Å². The van der Waals surface area contributed by atoms with Crippen LogP contribution in [0.3, 0.4) is 0 Å². The Labute approximate surface area is 84.6 Å². The largest absolute Gasteiger partial charge is 0.394 e. The second-order valence-electron chi connectivity index (χ2n) is 3.49. The number of rotatable bonds is 6. The van der Waals surface area contributed by atoms with Crippen LogP contribution in [-0.2, 0) is 9.53 Å². The number of aliphatic hydroxyl groups is 1. The molecule has 5 nitrogen and oxygen atoms in total. The van der Waals surface area contributed by atoms with E-state index < -0.39 is 0 Å².